The van der Waals surface area contributed by atoms with E-state index in [1.54, 1.807) is 4.68 Å². The summed E-state index contributed by atoms with van der Waals surface area (Å²) in [6, 6.07) is 2.14. The number of rotatable bonds is 5. The maximum atomic E-state index is 13.7. The highest BCUT2D eigenvalue weighted by molar-refractivity contribution is 5.31. The number of hydrogen-bond acceptors (Lipinski definition) is 4. The summed E-state index contributed by atoms with van der Waals surface area (Å²) >= 11 is 0. The molecule has 0 aliphatic carbocycles. The standard InChI is InChI=1S/C13H15F2N3O2/c1-8(2)18-12(16-7-17-18)6-20-13-10(14)3-9(5-19)4-11(13)15/h3-4,7-8,19H,5-6H2,1-2H3. The molecule has 0 saturated heterocycles. The fourth-order valence-corrected chi connectivity index (χ4v) is 1.79. The number of aliphatic hydroxyl groups excluding tert-OH is 1. The summed E-state index contributed by atoms with van der Waals surface area (Å²) in [5.74, 6) is -1.72. The lowest BCUT2D eigenvalue weighted by molar-refractivity contribution is 0.252. The number of halogens is 2. The lowest BCUT2D eigenvalue weighted by Gasteiger charge is -2.12. The van der Waals surface area contributed by atoms with E-state index in [1.165, 1.54) is 6.33 Å². The van der Waals surface area contributed by atoms with Crippen molar-refractivity contribution in [2.24, 2.45) is 0 Å². The molecule has 1 aromatic carbocycles. The van der Waals surface area contributed by atoms with Gasteiger partial charge in [-0.05, 0) is 31.5 Å². The fraction of sp³-hybridized carbons (Fsp3) is 0.385. The zero-order valence-corrected chi connectivity index (χ0v) is 11.2. The molecule has 0 unspecified atom stereocenters. The third-order valence-corrected chi connectivity index (χ3v) is 2.72. The van der Waals surface area contributed by atoms with Gasteiger partial charge in [-0.25, -0.2) is 18.4 Å². The summed E-state index contributed by atoms with van der Waals surface area (Å²) in [5.41, 5.74) is 0.151. The van der Waals surface area contributed by atoms with E-state index in [4.69, 9.17) is 9.84 Å². The Morgan fingerprint density at radius 1 is 1.30 bits per heavy atom. The van der Waals surface area contributed by atoms with Crippen LogP contribution in [-0.2, 0) is 13.2 Å². The molecule has 0 fully saturated rings. The van der Waals surface area contributed by atoms with Crippen molar-refractivity contribution >= 4 is 0 Å². The van der Waals surface area contributed by atoms with E-state index in [-0.39, 0.29) is 18.2 Å². The topological polar surface area (TPSA) is 60.2 Å². The van der Waals surface area contributed by atoms with Gasteiger partial charge in [0.05, 0.1) is 6.61 Å². The Bertz CT molecular complexity index is 576. The van der Waals surface area contributed by atoms with Crippen molar-refractivity contribution in [3.8, 4) is 5.75 Å². The highest BCUT2D eigenvalue weighted by Crippen LogP contribution is 2.24. The maximum Gasteiger partial charge on any atom is 0.191 e. The molecule has 1 aromatic heterocycles. The molecule has 0 aliphatic heterocycles. The monoisotopic (exact) mass is 283 g/mol. The molecule has 5 nitrogen and oxygen atoms in total. The van der Waals surface area contributed by atoms with Gasteiger partial charge >= 0.3 is 0 Å². The molecule has 0 bridgehead atoms. The van der Waals surface area contributed by atoms with Gasteiger partial charge in [-0.1, -0.05) is 0 Å². The zero-order valence-electron chi connectivity index (χ0n) is 11.2. The van der Waals surface area contributed by atoms with Gasteiger partial charge in [-0.2, -0.15) is 5.10 Å². The van der Waals surface area contributed by atoms with E-state index in [0.717, 1.165) is 12.1 Å². The first-order chi connectivity index (χ1) is 9.52. The molecule has 0 saturated carbocycles. The van der Waals surface area contributed by atoms with Gasteiger partial charge in [-0.3, -0.25) is 0 Å². The Morgan fingerprint density at radius 3 is 2.50 bits per heavy atom. The lowest BCUT2D eigenvalue weighted by atomic mass is 10.2. The molecule has 7 heteroatoms. The third kappa shape index (κ3) is 2.93. The zero-order chi connectivity index (χ0) is 14.7. The van der Waals surface area contributed by atoms with E-state index in [0.29, 0.717) is 5.82 Å². The van der Waals surface area contributed by atoms with Crippen LogP contribution in [0.25, 0.3) is 0 Å². The van der Waals surface area contributed by atoms with Crippen molar-refractivity contribution in [2.45, 2.75) is 33.1 Å². The van der Waals surface area contributed by atoms with Crippen LogP contribution < -0.4 is 4.74 Å². The van der Waals surface area contributed by atoms with Crippen LogP contribution in [0.5, 0.6) is 5.75 Å². The number of aliphatic hydroxyl groups is 1. The quantitative estimate of drug-likeness (QED) is 0.914. The summed E-state index contributed by atoms with van der Waals surface area (Å²) in [5, 5.41) is 12.9. The number of ether oxygens (including phenoxy) is 1. The molecule has 20 heavy (non-hydrogen) atoms. The van der Waals surface area contributed by atoms with Crippen LogP contribution in [0.4, 0.5) is 8.78 Å². The van der Waals surface area contributed by atoms with Gasteiger partial charge in [0.2, 0.25) is 0 Å². The molecular weight excluding hydrogens is 268 g/mol. The first-order valence-corrected chi connectivity index (χ1v) is 6.13. The van der Waals surface area contributed by atoms with E-state index in [2.05, 4.69) is 10.1 Å². The molecule has 0 spiro atoms. The molecular formula is C13H15F2N3O2. The SMILES string of the molecule is CC(C)n1ncnc1COc1c(F)cc(CO)cc1F. The summed E-state index contributed by atoms with van der Waals surface area (Å²) in [6.45, 7) is 3.30. The van der Waals surface area contributed by atoms with Crippen molar-refractivity contribution in [2.75, 3.05) is 0 Å². The summed E-state index contributed by atoms with van der Waals surface area (Å²) in [4.78, 5) is 3.99. The molecule has 0 radical (unpaired) electrons. The fourth-order valence-electron chi connectivity index (χ4n) is 1.79. The number of benzene rings is 1. The van der Waals surface area contributed by atoms with Crippen LogP contribution in [0.1, 0.15) is 31.3 Å². The van der Waals surface area contributed by atoms with E-state index in [1.807, 2.05) is 13.8 Å². The van der Waals surface area contributed by atoms with Gasteiger partial charge < -0.3 is 9.84 Å². The van der Waals surface area contributed by atoms with Gasteiger partial charge in [0.25, 0.3) is 0 Å². The van der Waals surface area contributed by atoms with E-state index >= 15 is 0 Å². The second kappa shape index (κ2) is 5.96. The smallest absolute Gasteiger partial charge is 0.191 e. The molecule has 1 heterocycles. The van der Waals surface area contributed by atoms with Gasteiger partial charge in [-0.15, -0.1) is 0 Å². The lowest BCUT2D eigenvalue weighted by Crippen LogP contribution is -2.11. The van der Waals surface area contributed by atoms with Gasteiger partial charge in [0.1, 0.15) is 12.9 Å². The van der Waals surface area contributed by atoms with Crippen molar-refractivity contribution in [1.29, 1.82) is 0 Å². The highest BCUT2D eigenvalue weighted by Gasteiger charge is 2.15. The van der Waals surface area contributed by atoms with E-state index < -0.39 is 24.0 Å². The first-order valence-electron chi connectivity index (χ1n) is 6.13. The Kier molecular flexibility index (Phi) is 4.29. The Hall–Kier alpha value is -2.02. The minimum absolute atomic E-state index is 0.0718. The van der Waals surface area contributed by atoms with Gasteiger partial charge in [0, 0.05) is 6.04 Å². The minimum Gasteiger partial charge on any atom is -0.479 e. The second-order valence-electron chi connectivity index (χ2n) is 4.55. The van der Waals surface area contributed by atoms with E-state index in [9.17, 15) is 8.78 Å². The molecule has 0 atom stereocenters. The average Bonchev–Trinajstić information content (AvgIpc) is 2.86. The normalized spacial score (nSPS) is 11.1. The Labute approximate surface area is 114 Å². The van der Waals surface area contributed by atoms with Crippen molar-refractivity contribution in [3.05, 3.63) is 41.5 Å². The first kappa shape index (κ1) is 14.4. The van der Waals surface area contributed by atoms with Gasteiger partial charge in [0.15, 0.2) is 23.2 Å². The molecule has 2 aromatic rings. The molecule has 0 amide bonds. The average molecular weight is 283 g/mol. The minimum atomic E-state index is -0.857. The summed E-state index contributed by atoms with van der Waals surface area (Å²) < 4.78 is 34.1. The largest absolute Gasteiger partial charge is 0.479 e. The number of hydrogen-bond donors (Lipinski definition) is 1. The Balaban J connectivity index is 2.17. The molecule has 0 aliphatic rings. The van der Waals surface area contributed by atoms with Crippen molar-refractivity contribution in [3.63, 3.8) is 0 Å². The van der Waals surface area contributed by atoms with Crippen LogP contribution in [0.15, 0.2) is 18.5 Å². The molecule has 108 valence electrons. The summed E-state index contributed by atoms with van der Waals surface area (Å²) in [7, 11) is 0. The number of nitrogens with zero attached hydrogens (tertiary/aromatic N) is 3. The van der Waals surface area contributed by atoms with Crippen LogP contribution >= 0.6 is 0 Å². The molecule has 1 N–H and O–H groups in total. The van der Waals surface area contributed by atoms with Crippen LogP contribution in [0.2, 0.25) is 0 Å². The Morgan fingerprint density at radius 2 is 1.95 bits per heavy atom. The predicted octanol–water partition coefficient (Wildman–Crippen LogP) is 2.21. The molecule has 2 rings (SSSR count). The predicted molar refractivity (Wildman–Crippen MR) is 67.0 cm³/mol. The summed E-state index contributed by atoms with van der Waals surface area (Å²) in [6.07, 6.45) is 1.36. The number of aromatic nitrogens is 3. The maximum absolute atomic E-state index is 13.7. The van der Waals surface area contributed by atoms with Crippen molar-refractivity contribution in [1.82, 2.24) is 14.8 Å². The van der Waals surface area contributed by atoms with Crippen LogP contribution in [0.3, 0.4) is 0 Å². The third-order valence-electron chi connectivity index (χ3n) is 2.72. The second-order valence-corrected chi connectivity index (χ2v) is 4.55. The van der Waals surface area contributed by atoms with Crippen LogP contribution in [0, 0.1) is 11.6 Å². The van der Waals surface area contributed by atoms with Crippen LogP contribution in [-0.4, -0.2) is 19.9 Å². The van der Waals surface area contributed by atoms with Crippen molar-refractivity contribution < 1.29 is 18.6 Å². The highest BCUT2D eigenvalue weighted by atomic mass is 19.1.